The second kappa shape index (κ2) is 5.16. The molecule has 0 bridgehead atoms. The van der Waals surface area contributed by atoms with Gasteiger partial charge in [0.05, 0.1) is 0 Å². The van der Waals surface area contributed by atoms with Crippen LogP contribution in [0.2, 0.25) is 0 Å². The molecular formula is C13H27N. The Kier molecular flexibility index (Phi) is 4.43. The molecule has 0 aromatic carbocycles. The molecule has 0 N–H and O–H groups in total. The van der Waals surface area contributed by atoms with Crippen molar-refractivity contribution < 1.29 is 0 Å². The van der Waals surface area contributed by atoms with Crippen LogP contribution in [-0.2, 0) is 0 Å². The van der Waals surface area contributed by atoms with Crippen LogP contribution in [0, 0.1) is 5.92 Å². The van der Waals surface area contributed by atoms with Crippen molar-refractivity contribution in [2.45, 2.75) is 65.3 Å². The van der Waals surface area contributed by atoms with E-state index < -0.39 is 0 Å². The Morgan fingerprint density at radius 2 is 1.71 bits per heavy atom. The maximum atomic E-state index is 2.63. The van der Waals surface area contributed by atoms with Gasteiger partial charge in [-0.2, -0.15) is 0 Å². The molecule has 0 atom stereocenters. The highest BCUT2D eigenvalue weighted by Gasteiger charge is 2.26. The first-order valence-corrected chi connectivity index (χ1v) is 6.29. The maximum Gasteiger partial charge on any atom is 0.0125 e. The van der Waals surface area contributed by atoms with E-state index in [9.17, 15) is 0 Å². The largest absolute Gasteiger partial charge is 0.298 e. The van der Waals surface area contributed by atoms with Gasteiger partial charge in [-0.25, -0.2) is 0 Å². The third-order valence-corrected chi connectivity index (χ3v) is 3.53. The van der Waals surface area contributed by atoms with Crippen molar-refractivity contribution in [3.05, 3.63) is 0 Å². The Bertz CT molecular complexity index is 149. The van der Waals surface area contributed by atoms with Gasteiger partial charge in [-0.05, 0) is 52.6 Å². The second-order valence-corrected chi connectivity index (χ2v) is 5.74. The van der Waals surface area contributed by atoms with E-state index in [0.29, 0.717) is 5.54 Å². The molecule has 0 saturated carbocycles. The molecular weight excluding hydrogens is 170 g/mol. The lowest BCUT2D eigenvalue weighted by molar-refractivity contribution is 0.0848. The minimum atomic E-state index is 0.385. The summed E-state index contributed by atoms with van der Waals surface area (Å²) >= 11 is 0. The summed E-state index contributed by atoms with van der Waals surface area (Å²) in [6.07, 6.45) is 7.11. The van der Waals surface area contributed by atoms with Crippen molar-refractivity contribution in [2.24, 2.45) is 5.92 Å². The number of unbranched alkanes of at least 4 members (excludes halogenated alkanes) is 1. The molecule has 14 heavy (non-hydrogen) atoms. The molecule has 0 amide bonds. The molecule has 0 spiro atoms. The van der Waals surface area contributed by atoms with Gasteiger partial charge in [0.2, 0.25) is 0 Å². The Hall–Kier alpha value is -0.0400. The topological polar surface area (TPSA) is 3.24 Å². The Morgan fingerprint density at radius 3 is 2.14 bits per heavy atom. The van der Waals surface area contributed by atoms with Gasteiger partial charge in [0.1, 0.15) is 0 Å². The summed E-state index contributed by atoms with van der Waals surface area (Å²) in [4.78, 5) is 2.63. The third-order valence-electron chi connectivity index (χ3n) is 3.53. The van der Waals surface area contributed by atoms with Crippen molar-refractivity contribution in [1.82, 2.24) is 4.90 Å². The van der Waals surface area contributed by atoms with Crippen LogP contribution in [0.1, 0.15) is 59.8 Å². The molecule has 0 aromatic heterocycles. The van der Waals surface area contributed by atoms with Gasteiger partial charge in [0.15, 0.2) is 0 Å². The fraction of sp³-hybridized carbons (Fsp3) is 1.00. The molecule has 0 aliphatic carbocycles. The molecule has 84 valence electrons. The van der Waals surface area contributed by atoms with E-state index in [1.165, 1.54) is 45.2 Å². The first-order valence-electron chi connectivity index (χ1n) is 6.29. The Balaban J connectivity index is 2.24. The molecule has 0 radical (unpaired) electrons. The number of hydrogen-bond donors (Lipinski definition) is 0. The van der Waals surface area contributed by atoms with Crippen LogP contribution in [-0.4, -0.2) is 23.5 Å². The zero-order chi connectivity index (χ0) is 10.6. The van der Waals surface area contributed by atoms with E-state index in [4.69, 9.17) is 0 Å². The lowest BCUT2D eigenvalue weighted by Gasteiger charge is -2.41. The van der Waals surface area contributed by atoms with Gasteiger partial charge in [-0.1, -0.05) is 26.2 Å². The van der Waals surface area contributed by atoms with E-state index in [1.807, 2.05) is 0 Å². The van der Waals surface area contributed by atoms with Crippen LogP contribution in [0.5, 0.6) is 0 Å². The molecule has 1 heterocycles. The van der Waals surface area contributed by atoms with Crippen LogP contribution in [0.3, 0.4) is 0 Å². The number of hydrogen-bond acceptors (Lipinski definition) is 1. The van der Waals surface area contributed by atoms with Crippen molar-refractivity contribution in [3.63, 3.8) is 0 Å². The zero-order valence-electron chi connectivity index (χ0n) is 10.5. The van der Waals surface area contributed by atoms with Gasteiger partial charge >= 0.3 is 0 Å². The molecule has 1 aliphatic rings. The van der Waals surface area contributed by atoms with E-state index in [-0.39, 0.29) is 0 Å². The first kappa shape index (κ1) is 12.0. The normalized spacial score (nSPS) is 21.4. The fourth-order valence-electron chi connectivity index (χ4n) is 2.39. The molecule has 1 heteroatoms. The maximum absolute atomic E-state index is 2.63. The van der Waals surface area contributed by atoms with Crippen molar-refractivity contribution in [2.75, 3.05) is 13.1 Å². The summed E-state index contributed by atoms with van der Waals surface area (Å²) < 4.78 is 0. The van der Waals surface area contributed by atoms with Crippen LogP contribution in [0.4, 0.5) is 0 Å². The lowest BCUT2D eigenvalue weighted by atomic mass is 9.89. The smallest absolute Gasteiger partial charge is 0.0125 e. The van der Waals surface area contributed by atoms with E-state index in [1.54, 1.807) is 0 Å². The van der Waals surface area contributed by atoms with Crippen LogP contribution in [0.15, 0.2) is 0 Å². The highest BCUT2D eigenvalue weighted by Crippen LogP contribution is 2.26. The first-order chi connectivity index (χ1) is 6.54. The predicted molar refractivity (Wildman–Crippen MR) is 63.6 cm³/mol. The average Bonchev–Trinajstić information content (AvgIpc) is 2.14. The SMILES string of the molecule is CCCCC1CCN(C(C)(C)C)CC1. The van der Waals surface area contributed by atoms with Gasteiger partial charge < -0.3 is 0 Å². The van der Waals surface area contributed by atoms with Crippen LogP contribution >= 0.6 is 0 Å². The number of piperidine rings is 1. The minimum Gasteiger partial charge on any atom is -0.298 e. The summed E-state index contributed by atoms with van der Waals surface area (Å²) in [7, 11) is 0. The second-order valence-electron chi connectivity index (χ2n) is 5.74. The lowest BCUT2D eigenvalue weighted by Crippen LogP contribution is -2.46. The van der Waals surface area contributed by atoms with Crippen molar-refractivity contribution in [3.8, 4) is 0 Å². The molecule has 1 aliphatic heterocycles. The molecule has 0 unspecified atom stereocenters. The van der Waals surface area contributed by atoms with Gasteiger partial charge in [0, 0.05) is 5.54 Å². The van der Waals surface area contributed by atoms with Crippen molar-refractivity contribution in [1.29, 1.82) is 0 Å². The highest BCUT2D eigenvalue weighted by molar-refractivity contribution is 4.81. The summed E-state index contributed by atoms with van der Waals surface area (Å²) in [6, 6.07) is 0. The monoisotopic (exact) mass is 197 g/mol. The van der Waals surface area contributed by atoms with Gasteiger partial charge in [0.25, 0.3) is 0 Å². The fourth-order valence-corrected chi connectivity index (χ4v) is 2.39. The minimum absolute atomic E-state index is 0.385. The molecule has 1 saturated heterocycles. The van der Waals surface area contributed by atoms with Crippen LogP contribution in [0.25, 0.3) is 0 Å². The molecule has 0 aromatic rings. The van der Waals surface area contributed by atoms with Crippen molar-refractivity contribution >= 4 is 0 Å². The van der Waals surface area contributed by atoms with Crippen LogP contribution < -0.4 is 0 Å². The average molecular weight is 197 g/mol. The Morgan fingerprint density at radius 1 is 1.14 bits per heavy atom. The highest BCUT2D eigenvalue weighted by atomic mass is 15.2. The summed E-state index contributed by atoms with van der Waals surface area (Å²) in [5.74, 6) is 1.02. The third kappa shape index (κ3) is 3.61. The van der Waals surface area contributed by atoms with Gasteiger partial charge in [-0.15, -0.1) is 0 Å². The number of rotatable bonds is 3. The number of nitrogens with zero attached hydrogens (tertiary/aromatic N) is 1. The van der Waals surface area contributed by atoms with E-state index in [0.717, 1.165) is 5.92 Å². The number of likely N-dealkylation sites (tertiary alicyclic amines) is 1. The zero-order valence-corrected chi connectivity index (χ0v) is 10.5. The standard InChI is InChI=1S/C13H27N/c1-5-6-7-12-8-10-14(11-9-12)13(2,3)4/h12H,5-11H2,1-4H3. The molecule has 1 fully saturated rings. The molecule has 1 rings (SSSR count). The quantitative estimate of drug-likeness (QED) is 0.667. The summed E-state index contributed by atoms with van der Waals surface area (Å²) in [6.45, 7) is 11.9. The van der Waals surface area contributed by atoms with E-state index >= 15 is 0 Å². The van der Waals surface area contributed by atoms with E-state index in [2.05, 4.69) is 32.6 Å². The van der Waals surface area contributed by atoms with Gasteiger partial charge in [-0.3, -0.25) is 4.90 Å². The summed E-state index contributed by atoms with van der Waals surface area (Å²) in [5.41, 5.74) is 0.385. The predicted octanol–water partition coefficient (Wildman–Crippen LogP) is 3.69. The Labute approximate surface area is 89.9 Å². The summed E-state index contributed by atoms with van der Waals surface area (Å²) in [5, 5.41) is 0. The molecule has 1 nitrogen and oxygen atoms in total.